The average Bonchev–Trinajstić information content (AvgIpc) is 2.28. The first kappa shape index (κ1) is 15.1. The predicted octanol–water partition coefficient (Wildman–Crippen LogP) is 2.99. The van der Waals surface area contributed by atoms with E-state index >= 15 is 0 Å². The monoisotopic (exact) mass is 317 g/mol. The molecule has 0 spiro atoms. The normalized spacial score (nSPS) is 12.6. The number of halogens is 2. The maximum atomic E-state index is 13.6. The second-order valence-corrected chi connectivity index (χ2v) is 5.23. The van der Waals surface area contributed by atoms with Gasteiger partial charge in [-0.2, -0.15) is 0 Å². The molecular formula is C13H17BrFNO2. The van der Waals surface area contributed by atoms with Crippen LogP contribution < -0.4 is 5.32 Å². The lowest BCUT2D eigenvalue weighted by molar-refractivity contribution is 0.0862. The topological polar surface area (TPSA) is 38.3 Å². The van der Waals surface area contributed by atoms with E-state index in [2.05, 4.69) is 21.2 Å². The molecule has 1 amide bonds. The third-order valence-corrected chi connectivity index (χ3v) is 3.32. The molecule has 1 unspecified atom stereocenters. The van der Waals surface area contributed by atoms with Crippen molar-refractivity contribution >= 4 is 21.8 Å². The van der Waals surface area contributed by atoms with Crippen molar-refractivity contribution in [1.29, 1.82) is 0 Å². The summed E-state index contributed by atoms with van der Waals surface area (Å²) in [6.45, 7) is 4.34. The molecule has 100 valence electrons. The summed E-state index contributed by atoms with van der Waals surface area (Å²) in [5.74, 6) is -0.767. The Morgan fingerprint density at radius 1 is 1.50 bits per heavy atom. The van der Waals surface area contributed by atoms with Crippen LogP contribution in [0.15, 0.2) is 22.7 Å². The van der Waals surface area contributed by atoms with Gasteiger partial charge >= 0.3 is 0 Å². The fraction of sp³-hybridized carbons (Fsp3) is 0.462. The van der Waals surface area contributed by atoms with Gasteiger partial charge in [-0.1, -0.05) is 19.9 Å². The first-order chi connectivity index (χ1) is 8.47. The van der Waals surface area contributed by atoms with Crippen molar-refractivity contribution in [3.63, 3.8) is 0 Å². The molecule has 1 aromatic carbocycles. The van der Waals surface area contributed by atoms with E-state index in [0.29, 0.717) is 11.1 Å². The number of hydrogen-bond donors (Lipinski definition) is 1. The number of rotatable bonds is 5. The lowest BCUT2D eigenvalue weighted by Crippen LogP contribution is -2.42. The molecule has 0 aromatic heterocycles. The summed E-state index contributed by atoms with van der Waals surface area (Å²) in [4.78, 5) is 12.0. The van der Waals surface area contributed by atoms with Gasteiger partial charge in [0.25, 0.3) is 5.91 Å². The van der Waals surface area contributed by atoms with Crippen LogP contribution in [0, 0.1) is 11.7 Å². The minimum absolute atomic E-state index is 0.0271. The van der Waals surface area contributed by atoms with Gasteiger partial charge in [0.2, 0.25) is 0 Å². The molecule has 1 N–H and O–H groups in total. The Morgan fingerprint density at radius 2 is 2.17 bits per heavy atom. The van der Waals surface area contributed by atoms with E-state index in [1.54, 1.807) is 19.2 Å². The van der Waals surface area contributed by atoms with E-state index in [1.165, 1.54) is 6.07 Å². The van der Waals surface area contributed by atoms with Crippen molar-refractivity contribution in [2.45, 2.75) is 19.9 Å². The first-order valence-corrected chi connectivity index (χ1v) is 6.50. The highest BCUT2D eigenvalue weighted by Crippen LogP contribution is 2.19. The largest absolute Gasteiger partial charge is 0.383 e. The number of carbonyl (C=O) groups excluding carboxylic acids is 1. The van der Waals surface area contributed by atoms with Gasteiger partial charge in [0.1, 0.15) is 5.82 Å². The molecule has 0 fully saturated rings. The Morgan fingerprint density at radius 3 is 2.67 bits per heavy atom. The molecule has 0 aliphatic rings. The van der Waals surface area contributed by atoms with Crippen molar-refractivity contribution in [2.75, 3.05) is 13.7 Å². The zero-order valence-corrected chi connectivity index (χ0v) is 12.3. The standard InChI is InChI=1S/C13H17BrFNO2/c1-8(2)11(7-18-3)16-13(17)12-9(14)5-4-6-10(12)15/h4-6,8,11H,7H2,1-3H3,(H,16,17). The third kappa shape index (κ3) is 3.78. The number of amides is 1. The van der Waals surface area contributed by atoms with Gasteiger partial charge in [-0.05, 0) is 34.0 Å². The molecular weight excluding hydrogens is 301 g/mol. The van der Waals surface area contributed by atoms with E-state index in [9.17, 15) is 9.18 Å². The zero-order valence-electron chi connectivity index (χ0n) is 10.7. The summed E-state index contributed by atoms with van der Waals surface area (Å²) in [7, 11) is 1.57. The number of benzene rings is 1. The summed E-state index contributed by atoms with van der Waals surface area (Å²) in [5.41, 5.74) is 0.0271. The SMILES string of the molecule is COCC(NC(=O)c1c(F)cccc1Br)C(C)C. The van der Waals surface area contributed by atoms with E-state index in [-0.39, 0.29) is 17.5 Å². The molecule has 0 saturated heterocycles. The number of nitrogens with one attached hydrogen (secondary N) is 1. The van der Waals surface area contributed by atoms with Gasteiger partial charge < -0.3 is 10.1 Å². The fourth-order valence-corrected chi connectivity index (χ4v) is 2.06. The summed E-state index contributed by atoms with van der Waals surface area (Å²) in [6.07, 6.45) is 0. The van der Waals surface area contributed by atoms with Crippen LogP contribution in [-0.4, -0.2) is 25.7 Å². The van der Waals surface area contributed by atoms with Crippen LogP contribution in [0.25, 0.3) is 0 Å². The second kappa shape index (κ2) is 6.85. The van der Waals surface area contributed by atoms with E-state index < -0.39 is 11.7 Å². The van der Waals surface area contributed by atoms with E-state index in [1.807, 2.05) is 13.8 Å². The maximum Gasteiger partial charge on any atom is 0.255 e. The van der Waals surface area contributed by atoms with Crippen molar-refractivity contribution < 1.29 is 13.9 Å². The molecule has 1 atom stereocenters. The van der Waals surface area contributed by atoms with Gasteiger partial charge in [0, 0.05) is 11.6 Å². The van der Waals surface area contributed by atoms with Crippen molar-refractivity contribution in [3.05, 3.63) is 34.1 Å². The Bertz CT molecular complexity index is 403. The minimum atomic E-state index is -0.540. The van der Waals surface area contributed by atoms with Crippen LogP contribution in [0.1, 0.15) is 24.2 Å². The smallest absolute Gasteiger partial charge is 0.255 e. The molecule has 0 aliphatic heterocycles. The highest BCUT2D eigenvalue weighted by atomic mass is 79.9. The maximum absolute atomic E-state index is 13.6. The summed E-state index contributed by atoms with van der Waals surface area (Å²) in [6, 6.07) is 4.30. The molecule has 18 heavy (non-hydrogen) atoms. The van der Waals surface area contributed by atoms with Crippen LogP contribution in [-0.2, 0) is 4.74 Å². The molecule has 0 bridgehead atoms. The lowest BCUT2D eigenvalue weighted by atomic mass is 10.0. The average molecular weight is 318 g/mol. The highest BCUT2D eigenvalue weighted by Gasteiger charge is 2.20. The van der Waals surface area contributed by atoms with Crippen molar-refractivity contribution in [3.8, 4) is 0 Å². The molecule has 0 heterocycles. The van der Waals surface area contributed by atoms with E-state index in [4.69, 9.17) is 4.74 Å². The summed E-state index contributed by atoms with van der Waals surface area (Å²) >= 11 is 3.18. The number of carbonyl (C=O) groups is 1. The molecule has 1 rings (SSSR count). The van der Waals surface area contributed by atoms with Crippen LogP contribution in [0.5, 0.6) is 0 Å². The van der Waals surface area contributed by atoms with Crippen LogP contribution >= 0.6 is 15.9 Å². The molecule has 3 nitrogen and oxygen atoms in total. The summed E-state index contributed by atoms with van der Waals surface area (Å²) < 4.78 is 19.1. The number of methoxy groups -OCH3 is 1. The second-order valence-electron chi connectivity index (χ2n) is 4.38. The van der Waals surface area contributed by atoms with Crippen molar-refractivity contribution in [1.82, 2.24) is 5.32 Å². The Kier molecular flexibility index (Phi) is 5.75. The minimum Gasteiger partial charge on any atom is -0.383 e. The van der Waals surface area contributed by atoms with Crippen LogP contribution in [0.4, 0.5) is 4.39 Å². The van der Waals surface area contributed by atoms with Gasteiger partial charge in [-0.3, -0.25) is 4.79 Å². The predicted molar refractivity (Wildman–Crippen MR) is 72.1 cm³/mol. The number of ether oxygens (including phenoxy) is 1. The van der Waals surface area contributed by atoms with Gasteiger partial charge in [-0.15, -0.1) is 0 Å². The van der Waals surface area contributed by atoms with Gasteiger partial charge in [0.15, 0.2) is 0 Å². The van der Waals surface area contributed by atoms with E-state index in [0.717, 1.165) is 0 Å². The molecule has 1 aromatic rings. The quantitative estimate of drug-likeness (QED) is 0.906. The number of hydrogen-bond acceptors (Lipinski definition) is 2. The van der Waals surface area contributed by atoms with Gasteiger partial charge in [-0.25, -0.2) is 4.39 Å². The lowest BCUT2D eigenvalue weighted by Gasteiger charge is -2.21. The molecule has 0 aliphatic carbocycles. The first-order valence-electron chi connectivity index (χ1n) is 5.71. The highest BCUT2D eigenvalue weighted by molar-refractivity contribution is 9.10. The zero-order chi connectivity index (χ0) is 13.7. The fourth-order valence-electron chi connectivity index (χ4n) is 1.54. The molecule has 0 saturated carbocycles. The third-order valence-electron chi connectivity index (χ3n) is 2.66. The molecule has 5 heteroatoms. The molecule has 0 radical (unpaired) electrons. The Balaban J connectivity index is 2.87. The van der Waals surface area contributed by atoms with Gasteiger partial charge in [0.05, 0.1) is 18.2 Å². The Labute approximate surface area is 115 Å². The van der Waals surface area contributed by atoms with Crippen LogP contribution in [0.3, 0.4) is 0 Å². The van der Waals surface area contributed by atoms with Crippen LogP contribution in [0.2, 0.25) is 0 Å². The summed E-state index contributed by atoms with van der Waals surface area (Å²) in [5, 5.41) is 2.78. The Hall–Kier alpha value is -0.940. The van der Waals surface area contributed by atoms with Crippen molar-refractivity contribution in [2.24, 2.45) is 5.92 Å².